The van der Waals surface area contributed by atoms with E-state index in [-0.39, 0.29) is 5.75 Å². The molecule has 0 saturated heterocycles. The second kappa shape index (κ2) is 7.95. The SMILES string of the molecule is CCCCCCCC[C@]1(OC)O[C@@H](OC)c2c(O)cccc21. The van der Waals surface area contributed by atoms with E-state index in [2.05, 4.69) is 6.92 Å². The van der Waals surface area contributed by atoms with Gasteiger partial charge in [-0.3, -0.25) is 0 Å². The summed E-state index contributed by atoms with van der Waals surface area (Å²) in [5.74, 6) is -0.606. The van der Waals surface area contributed by atoms with E-state index in [1.165, 1.54) is 32.1 Å². The van der Waals surface area contributed by atoms with Gasteiger partial charge in [-0.05, 0) is 12.5 Å². The second-order valence-corrected chi connectivity index (χ2v) is 5.90. The molecule has 4 heteroatoms. The van der Waals surface area contributed by atoms with Crippen molar-refractivity contribution in [1.82, 2.24) is 0 Å². The molecule has 1 aromatic carbocycles. The number of benzene rings is 1. The van der Waals surface area contributed by atoms with Crippen molar-refractivity contribution < 1.29 is 19.3 Å². The summed E-state index contributed by atoms with van der Waals surface area (Å²) in [5.41, 5.74) is 1.58. The Kier molecular flexibility index (Phi) is 6.24. The minimum Gasteiger partial charge on any atom is -0.507 e. The Balaban J connectivity index is 2.06. The summed E-state index contributed by atoms with van der Waals surface area (Å²) in [4.78, 5) is 0. The Labute approximate surface area is 133 Å². The highest BCUT2D eigenvalue weighted by atomic mass is 16.8. The predicted octanol–water partition coefficient (Wildman–Crippen LogP) is 4.62. The highest BCUT2D eigenvalue weighted by Gasteiger charge is 2.46. The third-order valence-corrected chi connectivity index (χ3v) is 4.43. The molecule has 0 saturated carbocycles. The number of ether oxygens (including phenoxy) is 3. The lowest BCUT2D eigenvalue weighted by Crippen LogP contribution is -2.28. The minimum absolute atomic E-state index is 0.200. The van der Waals surface area contributed by atoms with Crippen molar-refractivity contribution in [2.45, 2.75) is 63.9 Å². The summed E-state index contributed by atoms with van der Waals surface area (Å²) in [7, 11) is 3.24. The summed E-state index contributed by atoms with van der Waals surface area (Å²) in [5, 5.41) is 10.1. The van der Waals surface area contributed by atoms with Gasteiger partial charge in [-0.15, -0.1) is 0 Å². The number of fused-ring (bicyclic) bond motifs is 1. The van der Waals surface area contributed by atoms with Gasteiger partial charge in [0.05, 0.1) is 5.56 Å². The molecule has 0 spiro atoms. The molecule has 1 aliphatic heterocycles. The Bertz CT molecular complexity index is 474. The molecule has 22 heavy (non-hydrogen) atoms. The van der Waals surface area contributed by atoms with Crippen molar-refractivity contribution in [1.29, 1.82) is 0 Å². The Morgan fingerprint density at radius 3 is 2.55 bits per heavy atom. The normalized spacial score (nSPS) is 23.7. The van der Waals surface area contributed by atoms with Crippen LogP contribution in [0.1, 0.15) is 69.3 Å². The fourth-order valence-corrected chi connectivity index (χ4v) is 3.19. The highest BCUT2D eigenvalue weighted by Crippen LogP contribution is 2.50. The van der Waals surface area contributed by atoms with Crippen molar-refractivity contribution in [3.63, 3.8) is 0 Å². The summed E-state index contributed by atoms with van der Waals surface area (Å²) in [6.07, 6.45) is 7.48. The largest absolute Gasteiger partial charge is 0.507 e. The topological polar surface area (TPSA) is 47.9 Å². The van der Waals surface area contributed by atoms with Crippen LogP contribution < -0.4 is 0 Å². The van der Waals surface area contributed by atoms with E-state index in [9.17, 15) is 5.11 Å². The fourth-order valence-electron chi connectivity index (χ4n) is 3.19. The van der Waals surface area contributed by atoms with E-state index < -0.39 is 12.1 Å². The predicted molar refractivity (Wildman–Crippen MR) is 85.6 cm³/mol. The maximum atomic E-state index is 10.1. The number of hydrogen-bond donors (Lipinski definition) is 1. The molecule has 124 valence electrons. The van der Waals surface area contributed by atoms with Gasteiger partial charge in [0.15, 0.2) is 12.1 Å². The number of unbranched alkanes of at least 4 members (excludes halogenated alkanes) is 5. The number of methoxy groups -OCH3 is 2. The molecule has 0 aromatic heterocycles. The number of phenolic OH excluding ortho intramolecular Hbond substituents is 1. The molecule has 0 radical (unpaired) electrons. The molecule has 4 nitrogen and oxygen atoms in total. The van der Waals surface area contributed by atoms with Gasteiger partial charge in [0, 0.05) is 26.2 Å². The van der Waals surface area contributed by atoms with Gasteiger partial charge >= 0.3 is 0 Å². The first-order valence-electron chi connectivity index (χ1n) is 8.26. The van der Waals surface area contributed by atoms with Crippen LogP contribution in [-0.2, 0) is 20.0 Å². The molecule has 1 aliphatic rings. The van der Waals surface area contributed by atoms with Crippen molar-refractivity contribution in [2.75, 3.05) is 14.2 Å². The third kappa shape index (κ3) is 3.45. The summed E-state index contributed by atoms with van der Waals surface area (Å²) in [6.45, 7) is 2.22. The van der Waals surface area contributed by atoms with Gasteiger partial charge in [-0.1, -0.05) is 51.2 Å². The molecule has 1 heterocycles. The van der Waals surface area contributed by atoms with Crippen LogP contribution in [0.25, 0.3) is 0 Å². The molecule has 0 aliphatic carbocycles. The fraction of sp³-hybridized carbons (Fsp3) is 0.667. The average molecular weight is 308 g/mol. The maximum Gasteiger partial charge on any atom is 0.198 e. The van der Waals surface area contributed by atoms with Gasteiger partial charge in [-0.25, -0.2) is 0 Å². The van der Waals surface area contributed by atoms with Crippen LogP contribution in [0, 0.1) is 0 Å². The van der Waals surface area contributed by atoms with Gasteiger partial charge in [0.2, 0.25) is 0 Å². The quantitative estimate of drug-likeness (QED) is 0.676. The highest BCUT2D eigenvalue weighted by molar-refractivity contribution is 5.45. The molecule has 0 bridgehead atoms. The van der Waals surface area contributed by atoms with E-state index in [4.69, 9.17) is 14.2 Å². The van der Waals surface area contributed by atoms with Gasteiger partial charge in [-0.2, -0.15) is 0 Å². The Morgan fingerprint density at radius 1 is 1.14 bits per heavy atom. The maximum absolute atomic E-state index is 10.1. The second-order valence-electron chi connectivity index (χ2n) is 5.90. The van der Waals surface area contributed by atoms with Gasteiger partial charge < -0.3 is 19.3 Å². The number of aromatic hydroxyl groups is 1. The smallest absolute Gasteiger partial charge is 0.198 e. The lowest BCUT2D eigenvalue weighted by atomic mass is 9.96. The standard InChI is InChI=1S/C18H28O4/c1-4-5-6-7-8-9-13-18(21-3)14-11-10-12-15(19)16(14)17(20-2)22-18/h10-12,17,19H,4-9,13H2,1-3H3/t17-,18+/m1/s1. The lowest BCUT2D eigenvalue weighted by molar-refractivity contribution is -0.292. The van der Waals surface area contributed by atoms with Crippen molar-refractivity contribution >= 4 is 0 Å². The van der Waals surface area contributed by atoms with Crippen molar-refractivity contribution in [3.05, 3.63) is 29.3 Å². The van der Waals surface area contributed by atoms with Crippen LogP contribution in [0.3, 0.4) is 0 Å². The first-order valence-corrected chi connectivity index (χ1v) is 8.26. The minimum atomic E-state index is -0.806. The van der Waals surface area contributed by atoms with Crippen molar-refractivity contribution in [2.24, 2.45) is 0 Å². The molecular formula is C18H28O4. The number of rotatable bonds is 9. The first-order chi connectivity index (χ1) is 10.7. The Morgan fingerprint density at radius 2 is 1.86 bits per heavy atom. The van der Waals surface area contributed by atoms with Crippen molar-refractivity contribution in [3.8, 4) is 5.75 Å². The first kappa shape index (κ1) is 17.3. The van der Waals surface area contributed by atoms with E-state index in [1.54, 1.807) is 20.3 Å². The molecule has 0 unspecified atom stereocenters. The molecule has 0 fully saturated rings. The van der Waals surface area contributed by atoms with Crippen LogP contribution in [0.2, 0.25) is 0 Å². The average Bonchev–Trinajstić information content (AvgIpc) is 2.87. The molecule has 1 N–H and O–H groups in total. The van der Waals surface area contributed by atoms with Crippen LogP contribution in [0.15, 0.2) is 18.2 Å². The monoisotopic (exact) mass is 308 g/mol. The zero-order valence-corrected chi connectivity index (χ0v) is 13.9. The van der Waals surface area contributed by atoms with Gasteiger partial charge in [0.25, 0.3) is 0 Å². The molecular weight excluding hydrogens is 280 g/mol. The van der Waals surface area contributed by atoms with E-state index in [0.717, 1.165) is 18.4 Å². The van der Waals surface area contributed by atoms with Crippen LogP contribution in [0.5, 0.6) is 5.75 Å². The molecule has 1 aromatic rings. The summed E-state index contributed by atoms with van der Waals surface area (Å²) >= 11 is 0. The third-order valence-electron chi connectivity index (χ3n) is 4.43. The van der Waals surface area contributed by atoms with Crippen LogP contribution in [0.4, 0.5) is 0 Å². The number of phenols is 1. The lowest BCUT2D eigenvalue weighted by Gasteiger charge is -2.28. The molecule has 2 atom stereocenters. The summed E-state index contributed by atoms with van der Waals surface area (Å²) < 4.78 is 17.1. The van der Waals surface area contributed by atoms with Crippen LogP contribution in [-0.4, -0.2) is 19.3 Å². The molecule has 0 amide bonds. The zero-order chi connectivity index (χ0) is 16.0. The van der Waals surface area contributed by atoms with E-state index >= 15 is 0 Å². The van der Waals surface area contributed by atoms with E-state index in [1.807, 2.05) is 12.1 Å². The Hall–Kier alpha value is -1.10. The molecule has 2 rings (SSSR count). The zero-order valence-electron chi connectivity index (χ0n) is 13.9. The number of hydrogen-bond acceptors (Lipinski definition) is 4. The summed E-state index contributed by atoms with van der Waals surface area (Å²) in [6, 6.07) is 5.43. The van der Waals surface area contributed by atoms with E-state index in [0.29, 0.717) is 5.56 Å². The van der Waals surface area contributed by atoms with Crippen LogP contribution >= 0.6 is 0 Å². The van der Waals surface area contributed by atoms with Gasteiger partial charge in [0.1, 0.15) is 5.75 Å².